The fraction of sp³-hybridized carbons (Fsp3) is 0.216. The monoisotopic (exact) mass is 1700 g/mol. The highest BCUT2D eigenvalue weighted by Gasteiger charge is 2.27. The van der Waals surface area contributed by atoms with Gasteiger partial charge in [-0.3, -0.25) is 15.0 Å². The van der Waals surface area contributed by atoms with E-state index in [0.29, 0.717) is 86.2 Å². The van der Waals surface area contributed by atoms with Gasteiger partial charge in [0.15, 0.2) is 52.4 Å². The van der Waals surface area contributed by atoms with E-state index >= 15 is 0 Å². The lowest BCUT2D eigenvalue weighted by Crippen LogP contribution is -2.16. The van der Waals surface area contributed by atoms with Crippen molar-refractivity contribution in [3.63, 3.8) is 0 Å². The molecule has 642 valence electrons. The topological polar surface area (TPSA) is 234 Å². The normalized spacial score (nSPS) is 12.0. The molecule has 6 aromatic heterocycles. The van der Waals surface area contributed by atoms with Crippen molar-refractivity contribution < 1.29 is 28.6 Å². The molecule has 0 amide bonds. The Morgan fingerprint density at radius 3 is 0.481 bits per heavy atom. The van der Waals surface area contributed by atoms with Crippen molar-refractivity contribution in [2.24, 2.45) is 0 Å². The molecule has 0 N–H and O–H groups in total. The number of pyridine rings is 3. The molecule has 0 aliphatic rings. The Kier molecular flexibility index (Phi) is 23.9. The Morgan fingerprint density at radius 2 is 0.333 bits per heavy atom. The molecule has 16 rings (SSSR count). The van der Waals surface area contributed by atoms with Gasteiger partial charge >= 0.3 is 17.9 Å². The third-order valence-corrected chi connectivity index (χ3v) is 22.7. The van der Waals surface area contributed by atoms with E-state index < -0.39 is 17.9 Å². The smallest absolute Gasteiger partial charge is 0.343 e. The maximum absolute atomic E-state index is 14.6. The fourth-order valence-corrected chi connectivity index (χ4v) is 14.7. The molecule has 16 aromatic rings. The summed E-state index contributed by atoms with van der Waals surface area (Å²) >= 11 is 0. The summed E-state index contributed by atoms with van der Waals surface area (Å²) in [4.78, 5) is 103. The minimum Gasteiger partial charge on any atom is -0.423 e. The number of esters is 3. The molecule has 0 fully saturated rings. The number of rotatable bonds is 18. The zero-order chi connectivity index (χ0) is 91.1. The summed E-state index contributed by atoms with van der Waals surface area (Å²) in [5, 5.41) is 0. The van der Waals surface area contributed by atoms with Crippen molar-refractivity contribution in [3.8, 4) is 154 Å². The van der Waals surface area contributed by atoms with Gasteiger partial charge < -0.3 is 14.2 Å². The first kappa shape index (κ1) is 87.6. The molecule has 0 atom stereocenters. The molecule has 0 unspecified atom stereocenters. The lowest BCUT2D eigenvalue weighted by molar-refractivity contribution is 0.0734. The summed E-state index contributed by atoms with van der Waals surface area (Å²) in [5.41, 5.74) is 17.8. The van der Waals surface area contributed by atoms with Crippen molar-refractivity contribution in [3.05, 3.63) is 342 Å². The van der Waals surface area contributed by atoms with Crippen molar-refractivity contribution in [2.75, 3.05) is 0 Å². The third kappa shape index (κ3) is 20.5. The Labute approximate surface area is 754 Å². The Bertz CT molecular complexity index is 5910. The largest absolute Gasteiger partial charge is 0.423 e. The van der Waals surface area contributed by atoms with Crippen LogP contribution in [-0.4, -0.2) is 77.7 Å². The van der Waals surface area contributed by atoms with Crippen LogP contribution in [0.4, 0.5) is 0 Å². The van der Waals surface area contributed by atoms with Gasteiger partial charge in [0.1, 0.15) is 17.2 Å². The van der Waals surface area contributed by atoms with E-state index in [1.165, 1.54) is 51.6 Å². The molecular weight excluding hydrogens is 1600 g/mol. The predicted octanol–water partition coefficient (Wildman–Crippen LogP) is 25.9. The van der Waals surface area contributed by atoms with Crippen LogP contribution < -0.4 is 14.2 Å². The molecule has 0 saturated heterocycles. The first-order chi connectivity index (χ1) is 61.3. The van der Waals surface area contributed by atoms with Gasteiger partial charge in [-0.05, 0) is 193 Å². The van der Waals surface area contributed by atoms with E-state index in [0.717, 1.165) is 50.1 Å². The highest BCUT2D eigenvalue weighted by molar-refractivity contribution is 6.02. The molecule has 18 heteroatoms. The van der Waals surface area contributed by atoms with Gasteiger partial charge in [-0.2, -0.15) is 0 Å². The fourth-order valence-electron chi connectivity index (χ4n) is 14.7. The second-order valence-electron chi connectivity index (χ2n) is 38.7. The van der Waals surface area contributed by atoms with E-state index in [2.05, 4.69) is 270 Å². The first-order valence-corrected chi connectivity index (χ1v) is 43.3. The quantitative estimate of drug-likeness (QED) is 0.0573. The lowest BCUT2D eigenvalue weighted by atomic mass is 9.86. The van der Waals surface area contributed by atoms with E-state index in [4.69, 9.17) is 74.0 Å². The zero-order valence-corrected chi connectivity index (χ0v) is 76.0. The molecular formula is C111H102N12O6. The summed E-state index contributed by atoms with van der Waals surface area (Å²) in [7, 11) is 0. The van der Waals surface area contributed by atoms with Crippen LogP contribution in [0, 0.1) is 0 Å². The number of hydrogen-bond donors (Lipinski definition) is 0. The number of carbonyl (C=O) groups excluding carboxylic acids is 3. The second kappa shape index (κ2) is 35.1. The molecule has 129 heavy (non-hydrogen) atoms. The molecule has 0 spiro atoms. The summed E-state index contributed by atoms with van der Waals surface area (Å²) in [6.45, 7) is 39.3. The standard InChI is InChI=1S/C111H102N12O6/c1-106(2,3)82-40-19-70(20-41-82)94-115-95(71-21-42-83(43-22-71)107(4,5)6)119-100(118-94)76-37-58-91(112-64-76)67-31-52-88(53-32-67)127-103(124)79-61-80(104(125)128-89-54-33-68(34-55-89)92-59-38-77(65-113-92)101-120-96(72-23-44-84(45-24-72)108(7,8)9)116-97(121-101)73-25-46-85(47-26-73)109(10,11)12)63-81(62-79)105(126)129-90-56-35-69(36-57-90)93-60-39-78(66-114-93)102-122-98(74-27-48-86(49-28-74)110(13,14)15)117-99(123-102)75-29-50-87(51-30-75)111(16,17)18/h19-66H,1-18H3. The lowest BCUT2D eigenvalue weighted by Gasteiger charge is -2.19. The highest BCUT2D eigenvalue weighted by atomic mass is 16.5. The zero-order valence-electron chi connectivity index (χ0n) is 76.0. The van der Waals surface area contributed by atoms with Gasteiger partial charge in [-0.1, -0.05) is 270 Å². The molecule has 10 aromatic carbocycles. The number of aromatic nitrogens is 12. The SMILES string of the molecule is CC(C)(C)c1ccc(-c2nc(-c3ccc(C(C)(C)C)cc3)nc(-c3ccc(-c4ccc(OC(=O)c5cc(C(=O)Oc6ccc(-c7ccc(-c8nc(-c9ccc(C(C)(C)C)cc9)nc(-c9ccc(C(C)(C)C)cc9)n8)cn7)cc6)cc(C(=O)Oc6ccc(-c7ccc(-c8nc(-c9ccc(C(C)(C)C)cc9)nc(-c9ccc(C(C)(C)C)cc9)n8)cn7)cc6)c5)cc4)nc3)n2)cc1. The summed E-state index contributed by atoms with van der Waals surface area (Å²) in [6, 6.07) is 85.9. The van der Waals surface area contributed by atoms with Crippen LogP contribution in [-0.2, 0) is 32.5 Å². The van der Waals surface area contributed by atoms with Crippen LogP contribution in [0.15, 0.2) is 292 Å². The van der Waals surface area contributed by atoms with Gasteiger partial charge in [0, 0.05) is 85.4 Å². The van der Waals surface area contributed by atoms with E-state index in [9.17, 15) is 14.4 Å². The Morgan fingerprint density at radius 1 is 0.186 bits per heavy atom. The van der Waals surface area contributed by atoms with Crippen LogP contribution >= 0.6 is 0 Å². The average molecular weight is 1700 g/mol. The van der Waals surface area contributed by atoms with E-state index in [-0.39, 0.29) is 66.4 Å². The van der Waals surface area contributed by atoms with Gasteiger partial charge in [0.05, 0.1) is 33.8 Å². The van der Waals surface area contributed by atoms with Gasteiger partial charge in [0.25, 0.3) is 0 Å². The molecule has 0 saturated carbocycles. The third-order valence-electron chi connectivity index (χ3n) is 22.7. The number of ether oxygens (including phenoxy) is 3. The number of hydrogen-bond acceptors (Lipinski definition) is 18. The van der Waals surface area contributed by atoms with Crippen LogP contribution in [0.5, 0.6) is 17.2 Å². The van der Waals surface area contributed by atoms with Crippen molar-refractivity contribution in [2.45, 2.75) is 157 Å². The molecule has 6 heterocycles. The number of carbonyl (C=O) groups is 3. The molecule has 0 aliphatic carbocycles. The Balaban J connectivity index is 0.653. The summed E-state index contributed by atoms with van der Waals surface area (Å²) < 4.78 is 18.1. The van der Waals surface area contributed by atoms with Gasteiger partial charge in [0.2, 0.25) is 0 Å². The number of nitrogens with zero attached hydrogens (tertiary/aromatic N) is 12. The minimum atomic E-state index is -0.868. The van der Waals surface area contributed by atoms with Crippen LogP contribution in [0.2, 0.25) is 0 Å². The minimum absolute atomic E-state index is 0.0374. The van der Waals surface area contributed by atoms with Crippen molar-refractivity contribution in [1.82, 2.24) is 59.8 Å². The molecule has 18 nitrogen and oxygen atoms in total. The maximum atomic E-state index is 14.6. The maximum Gasteiger partial charge on any atom is 0.343 e. The van der Waals surface area contributed by atoms with Crippen LogP contribution in [0.25, 0.3) is 136 Å². The predicted molar refractivity (Wildman–Crippen MR) is 512 cm³/mol. The van der Waals surface area contributed by atoms with Gasteiger partial charge in [-0.25, -0.2) is 59.2 Å². The molecule has 0 radical (unpaired) electrons. The second-order valence-corrected chi connectivity index (χ2v) is 38.7. The molecule has 0 bridgehead atoms. The highest BCUT2D eigenvalue weighted by Crippen LogP contribution is 2.38. The first-order valence-electron chi connectivity index (χ1n) is 43.3. The summed E-state index contributed by atoms with van der Waals surface area (Å²) in [6.07, 6.45) is 5.19. The van der Waals surface area contributed by atoms with Crippen molar-refractivity contribution in [1.29, 1.82) is 0 Å². The van der Waals surface area contributed by atoms with E-state index in [1.54, 1.807) is 91.4 Å². The Hall–Kier alpha value is -14.9. The van der Waals surface area contributed by atoms with Crippen LogP contribution in [0.3, 0.4) is 0 Å². The average Bonchev–Trinajstić information content (AvgIpc) is 0.799. The van der Waals surface area contributed by atoms with Crippen LogP contribution in [0.1, 0.15) is 189 Å². The van der Waals surface area contributed by atoms with Gasteiger partial charge in [-0.15, -0.1) is 0 Å². The summed E-state index contributed by atoms with van der Waals surface area (Å²) in [5.74, 6) is 2.51. The van der Waals surface area contributed by atoms with Crippen molar-refractivity contribution >= 4 is 17.9 Å². The van der Waals surface area contributed by atoms with E-state index in [1.807, 2.05) is 36.4 Å². The molecule has 0 aliphatic heterocycles. The number of benzene rings is 10.